The van der Waals surface area contributed by atoms with Gasteiger partial charge in [-0.2, -0.15) is 22.8 Å². The molecule has 6 nitrogen and oxygen atoms in total. The topological polar surface area (TPSA) is 49.6 Å². The Kier molecular flexibility index (Phi) is 4.42. The molecule has 0 N–H and O–H groups in total. The molecule has 1 aliphatic heterocycles. The van der Waals surface area contributed by atoms with E-state index >= 15 is 0 Å². The number of nitrogens with zero attached hydrogens (tertiary/aromatic N) is 6. The number of hydrogen-bond donors (Lipinski definition) is 0. The molecule has 3 heterocycles. The number of anilines is 1. The van der Waals surface area contributed by atoms with Gasteiger partial charge in [-0.3, -0.25) is 4.90 Å². The zero-order chi connectivity index (χ0) is 20.0. The minimum atomic E-state index is -4.29. The first kappa shape index (κ1) is 18.4. The normalized spacial score (nSPS) is 18.5. The van der Waals surface area contributed by atoms with Crippen molar-refractivity contribution in [1.29, 1.82) is 0 Å². The van der Waals surface area contributed by atoms with Crippen molar-refractivity contribution < 1.29 is 13.2 Å². The molecule has 152 valence electrons. The van der Waals surface area contributed by atoms with Gasteiger partial charge in [-0.1, -0.05) is 12.1 Å². The first-order valence-electron chi connectivity index (χ1n) is 9.82. The summed E-state index contributed by atoms with van der Waals surface area (Å²) in [5.41, 5.74) is 2.09. The van der Waals surface area contributed by atoms with Crippen LogP contribution in [0.25, 0.3) is 5.65 Å². The second kappa shape index (κ2) is 6.98. The smallest absolute Gasteiger partial charge is 0.368 e. The van der Waals surface area contributed by atoms with Crippen LogP contribution in [-0.4, -0.2) is 50.9 Å². The molecular formula is C20H21F3N6. The maximum absolute atomic E-state index is 12.7. The summed E-state index contributed by atoms with van der Waals surface area (Å²) in [4.78, 5) is 4.52. The fourth-order valence-corrected chi connectivity index (χ4v) is 3.79. The van der Waals surface area contributed by atoms with E-state index in [0.717, 1.165) is 73.9 Å². The van der Waals surface area contributed by atoms with Crippen LogP contribution >= 0.6 is 0 Å². The van der Waals surface area contributed by atoms with Crippen LogP contribution in [0.3, 0.4) is 0 Å². The van der Waals surface area contributed by atoms with Crippen LogP contribution in [0.4, 0.5) is 18.9 Å². The highest BCUT2D eigenvalue weighted by Gasteiger charge is 2.30. The molecule has 1 aliphatic carbocycles. The predicted molar refractivity (Wildman–Crippen MR) is 102 cm³/mol. The summed E-state index contributed by atoms with van der Waals surface area (Å²) in [7, 11) is 0. The molecule has 1 aromatic carbocycles. The summed E-state index contributed by atoms with van der Waals surface area (Å²) in [5, 5.41) is 13.1. The average Bonchev–Trinajstić information content (AvgIpc) is 3.47. The molecule has 1 saturated carbocycles. The van der Waals surface area contributed by atoms with Gasteiger partial charge in [0.15, 0.2) is 11.5 Å². The average molecular weight is 402 g/mol. The van der Waals surface area contributed by atoms with Gasteiger partial charge in [-0.15, -0.1) is 10.2 Å². The number of hydrogen-bond acceptors (Lipinski definition) is 5. The van der Waals surface area contributed by atoms with Crippen LogP contribution < -0.4 is 4.90 Å². The lowest BCUT2D eigenvalue weighted by molar-refractivity contribution is -0.137. The van der Waals surface area contributed by atoms with E-state index in [0.29, 0.717) is 12.5 Å². The Morgan fingerprint density at radius 2 is 1.69 bits per heavy atom. The lowest BCUT2D eigenvalue weighted by Gasteiger charge is -2.35. The lowest BCUT2D eigenvalue weighted by atomic mass is 10.1. The van der Waals surface area contributed by atoms with Crippen LogP contribution in [-0.2, 0) is 12.7 Å². The van der Waals surface area contributed by atoms with Crippen molar-refractivity contribution in [2.45, 2.75) is 31.5 Å². The van der Waals surface area contributed by atoms with Crippen molar-refractivity contribution in [2.75, 3.05) is 31.1 Å². The minimum Gasteiger partial charge on any atom is -0.368 e. The van der Waals surface area contributed by atoms with E-state index in [-0.39, 0.29) is 0 Å². The maximum atomic E-state index is 12.7. The molecule has 1 saturated heterocycles. The Bertz CT molecular complexity index is 1000. The number of halogens is 3. The lowest BCUT2D eigenvalue weighted by Crippen LogP contribution is -2.46. The van der Waals surface area contributed by atoms with Crippen LogP contribution in [0, 0.1) is 0 Å². The largest absolute Gasteiger partial charge is 0.416 e. The Hall–Kier alpha value is -2.68. The summed E-state index contributed by atoms with van der Waals surface area (Å²) < 4.78 is 39.9. The van der Waals surface area contributed by atoms with Gasteiger partial charge in [-0.25, -0.2) is 0 Å². The number of rotatable bonds is 4. The van der Waals surface area contributed by atoms with Crippen LogP contribution in [0.2, 0.25) is 0 Å². The first-order valence-corrected chi connectivity index (χ1v) is 9.82. The second-order valence-electron chi connectivity index (χ2n) is 7.77. The number of fused-ring (bicyclic) bond motifs is 1. The van der Waals surface area contributed by atoms with E-state index in [4.69, 9.17) is 0 Å². The SMILES string of the molecule is FC(F)(F)c1ccc(CN2CCN(c3cnn4c(C5CC5)nnc4c3)CC2)cc1. The molecule has 5 rings (SSSR count). The predicted octanol–water partition coefficient (Wildman–Crippen LogP) is 3.34. The Labute approximate surface area is 165 Å². The van der Waals surface area contributed by atoms with Crippen molar-refractivity contribution in [1.82, 2.24) is 24.7 Å². The fraction of sp³-hybridized carbons (Fsp3) is 0.450. The molecular weight excluding hydrogens is 381 g/mol. The van der Waals surface area contributed by atoms with Crippen molar-refractivity contribution in [3.63, 3.8) is 0 Å². The number of benzene rings is 1. The van der Waals surface area contributed by atoms with Crippen molar-refractivity contribution in [3.8, 4) is 0 Å². The van der Waals surface area contributed by atoms with Gasteiger partial charge in [0.1, 0.15) is 0 Å². The third kappa shape index (κ3) is 3.78. The highest BCUT2D eigenvalue weighted by molar-refractivity contribution is 5.54. The molecule has 2 fully saturated rings. The van der Waals surface area contributed by atoms with E-state index < -0.39 is 11.7 Å². The summed E-state index contributed by atoms with van der Waals surface area (Å²) in [6.45, 7) is 4.00. The molecule has 0 spiro atoms. The molecule has 0 amide bonds. The summed E-state index contributed by atoms with van der Waals surface area (Å²) >= 11 is 0. The molecule has 0 atom stereocenters. The molecule has 2 aliphatic rings. The standard InChI is InChI=1S/C20H21F3N6/c21-20(22,23)16-5-1-14(2-6-16)13-27-7-9-28(10-8-27)17-11-18-25-26-19(15-3-4-15)29(18)24-12-17/h1-2,5-6,11-12,15H,3-4,7-10,13H2. The molecule has 0 bridgehead atoms. The molecule has 3 aromatic rings. The van der Waals surface area contributed by atoms with Gasteiger partial charge in [0.2, 0.25) is 0 Å². The Morgan fingerprint density at radius 3 is 2.34 bits per heavy atom. The first-order chi connectivity index (χ1) is 14.0. The third-order valence-corrected chi connectivity index (χ3v) is 5.64. The van der Waals surface area contributed by atoms with Crippen molar-refractivity contribution in [3.05, 3.63) is 53.5 Å². The molecule has 2 aromatic heterocycles. The Balaban J connectivity index is 1.21. The Morgan fingerprint density at radius 1 is 0.966 bits per heavy atom. The second-order valence-corrected chi connectivity index (χ2v) is 7.77. The molecule has 0 unspecified atom stereocenters. The monoisotopic (exact) mass is 402 g/mol. The summed E-state index contributed by atoms with van der Waals surface area (Å²) in [5.74, 6) is 1.45. The number of aromatic nitrogens is 4. The number of alkyl halides is 3. The van der Waals surface area contributed by atoms with Gasteiger partial charge >= 0.3 is 6.18 Å². The van der Waals surface area contributed by atoms with Gasteiger partial charge in [0, 0.05) is 44.7 Å². The number of piperazine rings is 1. The van der Waals surface area contributed by atoms with Gasteiger partial charge in [0.05, 0.1) is 17.4 Å². The van der Waals surface area contributed by atoms with E-state index in [1.54, 1.807) is 12.1 Å². The minimum absolute atomic E-state index is 0.497. The van der Waals surface area contributed by atoms with E-state index in [2.05, 4.69) is 25.1 Å². The van der Waals surface area contributed by atoms with E-state index in [9.17, 15) is 13.2 Å². The molecule has 9 heteroatoms. The van der Waals surface area contributed by atoms with E-state index in [1.807, 2.05) is 16.8 Å². The van der Waals surface area contributed by atoms with E-state index in [1.165, 1.54) is 0 Å². The third-order valence-electron chi connectivity index (χ3n) is 5.64. The maximum Gasteiger partial charge on any atom is 0.416 e. The van der Waals surface area contributed by atoms with Crippen LogP contribution in [0.1, 0.15) is 35.7 Å². The zero-order valence-electron chi connectivity index (χ0n) is 15.8. The fourth-order valence-electron chi connectivity index (χ4n) is 3.79. The van der Waals surface area contributed by atoms with Crippen molar-refractivity contribution >= 4 is 11.3 Å². The summed E-state index contributed by atoms with van der Waals surface area (Å²) in [6.07, 6.45) is -0.104. The molecule has 0 radical (unpaired) electrons. The van der Waals surface area contributed by atoms with Crippen molar-refractivity contribution in [2.24, 2.45) is 0 Å². The highest BCUT2D eigenvalue weighted by atomic mass is 19.4. The van der Waals surface area contributed by atoms with Gasteiger partial charge < -0.3 is 4.90 Å². The quantitative estimate of drug-likeness (QED) is 0.670. The highest BCUT2D eigenvalue weighted by Crippen LogP contribution is 2.38. The molecule has 29 heavy (non-hydrogen) atoms. The zero-order valence-corrected chi connectivity index (χ0v) is 15.8. The van der Waals surface area contributed by atoms with Gasteiger partial charge in [-0.05, 0) is 30.5 Å². The summed E-state index contributed by atoms with van der Waals surface area (Å²) in [6, 6.07) is 7.46. The van der Waals surface area contributed by atoms with Crippen LogP contribution in [0.15, 0.2) is 36.5 Å². The van der Waals surface area contributed by atoms with Crippen LogP contribution in [0.5, 0.6) is 0 Å². The van der Waals surface area contributed by atoms with Gasteiger partial charge in [0.25, 0.3) is 0 Å².